The van der Waals surface area contributed by atoms with E-state index in [9.17, 15) is 4.79 Å². The molecule has 1 aliphatic carbocycles. The molecular formula is C9H11N3O. The van der Waals surface area contributed by atoms with Crippen molar-refractivity contribution in [3.63, 3.8) is 0 Å². The normalized spacial score (nSPS) is 17.8. The van der Waals surface area contributed by atoms with Gasteiger partial charge in [-0.1, -0.05) is 0 Å². The first-order valence-electron chi connectivity index (χ1n) is 4.20. The second-order valence-electron chi connectivity index (χ2n) is 3.37. The van der Waals surface area contributed by atoms with Gasteiger partial charge in [-0.25, -0.2) is 0 Å². The Morgan fingerprint density at radius 1 is 1.54 bits per heavy atom. The van der Waals surface area contributed by atoms with Crippen LogP contribution in [0.15, 0.2) is 0 Å². The summed E-state index contributed by atoms with van der Waals surface area (Å²) in [5.74, 6) is -0.206. The molecule has 0 aliphatic heterocycles. The minimum atomic E-state index is -0.814. The van der Waals surface area contributed by atoms with Crippen molar-refractivity contribution < 1.29 is 4.79 Å². The smallest absolute Gasteiger partial charge is 0.243 e. The largest absolute Gasteiger partial charge is 0.331 e. The summed E-state index contributed by atoms with van der Waals surface area (Å²) in [6, 6.07) is 3.94. The summed E-state index contributed by atoms with van der Waals surface area (Å²) in [4.78, 5) is 12.9. The van der Waals surface area contributed by atoms with Crippen LogP contribution in [-0.4, -0.2) is 24.4 Å². The van der Waals surface area contributed by atoms with E-state index in [1.54, 1.807) is 7.05 Å². The molecule has 0 spiro atoms. The fourth-order valence-electron chi connectivity index (χ4n) is 1.45. The number of hydrogen-bond donors (Lipinski definition) is 0. The summed E-state index contributed by atoms with van der Waals surface area (Å²) in [7, 11) is 1.56. The summed E-state index contributed by atoms with van der Waals surface area (Å²) in [5, 5.41) is 17.2. The summed E-state index contributed by atoms with van der Waals surface area (Å²) >= 11 is 0. The number of carbonyl (C=O) groups excluding carboxylic acids is 1. The van der Waals surface area contributed by atoms with Crippen molar-refractivity contribution >= 4 is 5.91 Å². The zero-order chi connectivity index (χ0) is 9.90. The van der Waals surface area contributed by atoms with E-state index >= 15 is 0 Å². The van der Waals surface area contributed by atoms with Gasteiger partial charge in [-0.05, 0) is 19.3 Å². The third-order valence-corrected chi connectivity index (χ3v) is 2.49. The van der Waals surface area contributed by atoms with Crippen LogP contribution in [0.3, 0.4) is 0 Å². The van der Waals surface area contributed by atoms with E-state index in [4.69, 9.17) is 10.5 Å². The lowest BCUT2D eigenvalue weighted by Gasteiger charge is -2.35. The van der Waals surface area contributed by atoms with Crippen molar-refractivity contribution in [3.05, 3.63) is 0 Å². The molecular weight excluding hydrogens is 166 g/mol. The van der Waals surface area contributed by atoms with E-state index in [2.05, 4.69) is 6.07 Å². The first-order valence-corrected chi connectivity index (χ1v) is 4.20. The first-order chi connectivity index (χ1) is 6.16. The molecule has 4 heteroatoms. The topological polar surface area (TPSA) is 67.9 Å². The minimum Gasteiger partial charge on any atom is -0.331 e. The summed E-state index contributed by atoms with van der Waals surface area (Å²) in [5.41, 5.74) is -0.814. The summed E-state index contributed by atoms with van der Waals surface area (Å²) < 4.78 is 0. The number of carbonyl (C=O) groups is 1. The third-order valence-electron chi connectivity index (χ3n) is 2.49. The molecule has 0 aromatic rings. The maximum Gasteiger partial charge on any atom is 0.243 e. The van der Waals surface area contributed by atoms with Crippen LogP contribution in [0.5, 0.6) is 0 Å². The Balaban J connectivity index is 2.67. The monoisotopic (exact) mass is 177 g/mol. The van der Waals surface area contributed by atoms with Crippen LogP contribution in [0.1, 0.15) is 19.3 Å². The van der Waals surface area contributed by atoms with Crippen molar-refractivity contribution in [3.8, 4) is 12.1 Å². The predicted octanol–water partition coefficient (Wildman–Crippen LogP) is 0.662. The Labute approximate surface area is 77.4 Å². The maximum atomic E-state index is 11.6. The molecule has 1 amide bonds. The van der Waals surface area contributed by atoms with E-state index in [0.717, 1.165) is 6.42 Å². The van der Waals surface area contributed by atoms with Gasteiger partial charge in [0.1, 0.15) is 12.0 Å². The van der Waals surface area contributed by atoms with Gasteiger partial charge in [0.05, 0.1) is 12.1 Å². The number of hydrogen-bond acceptors (Lipinski definition) is 3. The lowest BCUT2D eigenvalue weighted by Crippen LogP contribution is -2.45. The number of nitriles is 2. The molecule has 0 N–H and O–H groups in total. The molecule has 4 nitrogen and oxygen atoms in total. The third kappa shape index (κ3) is 1.48. The number of amides is 1. The number of rotatable bonds is 2. The van der Waals surface area contributed by atoms with E-state index in [1.165, 1.54) is 4.90 Å². The van der Waals surface area contributed by atoms with Crippen LogP contribution in [0, 0.1) is 28.1 Å². The minimum absolute atomic E-state index is 0.0578. The average molecular weight is 177 g/mol. The van der Waals surface area contributed by atoms with Gasteiger partial charge < -0.3 is 4.90 Å². The van der Waals surface area contributed by atoms with Gasteiger partial charge in [-0.2, -0.15) is 10.5 Å². The molecule has 0 bridgehead atoms. The van der Waals surface area contributed by atoms with Crippen molar-refractivity contribution in [2.45, 2.75) is 19.3 Å². The van der Waals surface area contributed by atoms with Crippen LogP contribution in [0.4, 0.5) is 0 Å². The van der Waals surface area contributed by atoms with Gasteiger partial charge in [0.2, 0.25) is 5.91 Å². The van der Waals surface area contributed by atoms with Gasteiger partial charge in [0.15, 0.2) is 0 Å². The highest BCUT2D eigenvalue weighted by Crippen LogP contribution is 2.41. The molecule has 0 unspecified atom stereocenters. The zero-order valence-corrected chi connectivity index (χ0v) is 7.58. The van der Waals surface area contributed by atoms with E-state index in [0.29, 0.717) is 12.8 Å². The molecule has 0 radical (unpaired) electrons. The molecule has 0 aromatic heterocycles. The summed E-state index contributed by atoms with van der Waals surface area (Å²) in [6.45, 7) is 0.0578. The van der Waals surface area contributed by atoms with Gasteiger partial charge in [0.25, 0.3) is 0 Å². The van der Waals surface area contributed by atoms with Crippen LogP contribution < -0.4 is 0 Å². The highest BCUT2D eigenvalue weighted by molar-refractivity contribution is 5.86. The van der Waals surface area contributed by atoms with Crippen LogP contribution in [-0.2, 0) is 4.79 Å². The highest BCUT2D eigenvalue weighted by atomic mass is 16.2. The van der Waals surface area contributed by atoms with E-state index in [1.807, 2.05) is 6.07 Å². The lowest BCUT2D eigenvalue weighted by atomic mass is 9.69. The van der Waals surface area contributed by atoms with Crippen molar-refractivity contribution in [1.82, 2.24) is 4.90 Å². The Morgan fingerprint density at radius 2 is 2.15 bits per heavy atom. The molecule has 1 rings (SSSR count). The van der Waals surface area contributed by atoms with Crippen molar-refractivity contribution in [1.29, 1.82) is 10.5 Å². The van der Waals surface area contributed by atoms with Crippen LogP contribution >= 0.6 is 0 Å². The molecule has 1 fully saturated rings. The lowest BCUT2D eigenvalue weighted by molar-refractivity contribution is -0.140. The second kappa shape index (κ2) is 3.45. The Bertz CT molecular complexity index is 293. The Hall–Kier alpha value is -1.55. The number of nitrogens with zero attached hydrogens (tertiary/aromatic N) is 3. The Kier molecular flexibility index (Phi) is 2.53. The molecule has 0 saturated heterocycles. The highest BCUT2D eigenvalue weighted by Gasteiger charge is 2.46. The van der Waals surface area contributed by atoms with E-state index in [-0.39, 0.29) is 12.5 Å². The zero-order valence-electron chi connectivity index (χ0n) is 7.58. The van der Waals surface area contributed by atoms with Crippen molar-refractivity contribution in [2.24, 2.45) is 5.41 Å². The average Bonchev–Trinajstić information content (AvgIpc) is 2.03. The molecule has 13 heavy (non-hydrogen) atoms. The molecule has 0 atom stereocenters. The van der Waals surface area contributed by atoms with Crippen molar-refractivity contribution in [2.75, 3.05) is 13.6 Å². The second-order valence-corrected chi connectivity index (χ2v) is 3.37. The van der Waals surface area contributed by atoms with Gasteiger partial charge in [-0.3, -0.25) is 4.79 Å². The van der Waals surface area contributed by atoms with Gasteiger partial charge >= 0.3 is 0 Å². The Morgan fingerprint density at radius 3 is 2.46 bits per heavy atom. The molecule has 0 heterocycles. The van der Waals surface area contributed by atoms with Gasteiger partial charge in [0, 0.05) is 7.05 Å². The van der Waals surface area contributed by atoms with Crippen LogP contribution in [0.2, 0.25) is 0 Å². The summed E-state index contributed by atoms with van der Waals surface area (Å²) in [6.07, 6.45) is 2.20. The van der Waals surface area contributed by atoms with Gasteiger partial charge in [-0.15, -0.1) is 0 Å². The molecule has 0 aromatic carbocycles. The standard InChI is InChI=1S/C9H11N3O/c1-12(6-5-10)8(13)9(7-11)3-2-4-9/h2-4,6H2,1H3. The fourth-order valence-corrected chi connectivity index (χ4v) is 1.45. The molecule has 1 aliphatic rings. The molecule has 1 saturated carbocycles. The quantitative estimate of drug-likeness (QED) is 0.582. The van der Waals surface area contributed by atoms with E-state index < -0.39 is 5.41 Å². The van der Waals surface area contributed by atoms with Crippen LogP contribution in [0.25, 0.3) is 0 Å². The predicted molar refractivity (Wildman–Crippen MR) is 45.1 cm³/mol. The molecule has 68 valence electrons. The fraction of sp³-hybridized carbons (Fsp3) is 0.667. The first kappa shape index (κ1) is 9.54. The maximum absolute atomic E-state index is 11.6. The SMILES string of the molecule is CN(CC#N)C(=O)C1(C#N)CCC1.